The van der Waals surface area contributed by atoms with Gasteiger partial charge in [0, 0.05) is 23.6 Å². The number of benzene rings is 1. The first kappa shape index (κ1) is 18.6. The predicted octanol–water partition coefficient (Wildman–Crippen LogP) is 1.86. The molecule has 0 saturated heterocycles. The number of hydrogen-bond donors (Lipinski definition) is 2. The van der Waals surface area contributed by atoms with E-state index in [-0.39, 0.29) is 23.6 Å². The minimum atomic E-state index is -4.60. The number of aliphatic hydroxyl groups is 1. The molecule has 1 aliphatic rings. The quantitative estimate of drug-likeness (QED) is 0.774. The van der Waals surface area contributed by atoms with E-state index in [2.05, 4.69) is 10.3 Å². The first-order chi connectivity index (χ1) is 12.7. The van der Waals surface area contributed by atoms with Gasteiger partial charge in [-0.3, -0.25) is 14.5 Å². The van der Waals surface area contributed by atoms with E-state index in [9.17, 15) is 22.8 Å². The van der Waals surface area contributed by atoms with E-state index in [1.165, 1.54) is 17.0 Å². The second-order valence-electron chi connectivity index (χ2n) is 5.89. The minimum absolute atomic E-state index is 0.00979. The van der Waals surface area contributed by atoms with Gasteiger partial charge in [-0.25, -0.2) is 4.98 Å². The van der Waals surface area contributed by atoms with Crippen LogP contribution < -0.4 is 5.32 Å². The molecule has 2 heterocycles. The maximum Gasteiger partial charge on any atom is 0.416 e. The number of halogens is 3. The fourth-order valence-corrected chi connectivity index (χ4v) is 2.62. The minimum Gasteiger partial charge on any atom is -0.395 e. The Morgan fingerprint density at radius 3 is 2.56 bits per heavy atom. The van der Waals surface area contributed by atoms with Crippen LogP contribution >= 0.6 is 0 Å². The first-order valence-corrected chi connectivity index (χ1v) is 7.87. The normalized spacial score (nSPS) is 14.7. The summed E-state index contributed by atoms with van der Waals surface area (Å²) in [5.41, 5.74) is -0.276. The largest absolute Gasteiger partial charge is 0.416 e. The lowest BCUT2D eigenvalue weighted by Crippen LogP contribution is -2.34. The molecule has 0 saturated carbocycles. The van der Waals surface area contributed by atoms with Crippen molar-refractivity contribution in [1.82, 2.24) is 14.5 Å². The van der Waals surface area contributed by atoms with Gasteiger partial charge in [0.25, 0.3) is 11.8 Å². The Labute approximate surface area is 151 Å². The van der Waals surface area contributed by atoms with Crippen molar-refractivity contribution in [2.45, 2.75) is 13.1 Å². The van der Waals surface area contributed by atoms with E-state index < -0.39 is 30.2 Å². The molecular formula is C17H15F3N4O3. The molecular weight excluding hydrogens is 365 g/mol. The van der Waals surface area contributed by atoms with Crippen LogP contribution in [0.5, 0.6) is 0 Å². The molecule has 2 N–H and O–H groups in total. The van der Waals surface area contributed by atoms with Crippen molar-refractivity contribution in [3.05, 3.63) is 53.8 Å². The average Bonchev–Trinajstić information content (AvgIpc) is 3.13. The summed E-state index contributed by atoms with van der Waals surface area (Å²) in [7, 11) is 0. The summed E-state index contributed by atoms with van der Waals surface area (Å²) in [5, 5.41) is 11.5. The van der Waals surface area contributed by atoms with Crippen molar-refractivity contribution in [1.29, 1.82) is 0 Å². The molecule has 0 aliphatic carbocycles. The number of amides is 2. The summed E-state index contributed by atoms with van der Waals surface area (Å²) in [4.78, 5) is 28.7. The Kier molecular flexibility index (Phi) is 4.75. The van der Waals surface area contributed by atoms with Crippen LogP contribution in [0.4, 0.5) is 18.9 Å². The van der Waals surface area contributed by atoms with E-state index in [1.807, 2.05) is 0 Å². The highest BCUT2D eigenvalue weighted by Crippen LogP contribution is 2.33. The topological polar surface area (TPSA) is 87.5 Å². The number of anilines is 1. The van der Waals surface area contributed by atoms with Gasteiger partial charge in [-0.1, -0.05) is 0 Å². The van der Waals surface area contributed by atoms with Gasteiger partial charge in [-0.2, -0.15) is 13.2 Å². The van der Waals surface area contributed by atoms with Gasteiger partial charge in [0.05, 0.1) is 30.7 Å². The number of carbonyl (C=O) groups excluding carboxylic acids is 2. The van der Waals surface area contributed by atoms with Crippen LogP contribution in [-0.4, -0.2) is 44.5 Å². The summed E-state index contributed by atoms with van der Waals surface area (Å²) < 4.78 is 41.2. The van der Waals surface area contributed by atoms with Crippen LogP contribution in [0, 0.1) is 6.92 Å². The van der Waals surface area contributed by atoms with E-state index in [4.69, 9.17) is 5.11 Å². The summed E-state index contributed by atoms with van der Waals surface area (Å²) in [6, 6.07) is 3.21. The number of nitrogens with zero attached hydrogens (tertiary/aromatic N) is 3. The van der Waals surface area contributed by atoms with E-state index >= 15 is 0 Å². The standard InChI is InChI=1S/C17H15F3N4O3/c1-10-8-23(9-21-10)13-5-11(17(18,19)20)4-12(6-13)22-14-7-15(26)24(2-3-25)16(14)27/h4-9,22,25H,2-3H2,1H3. The van der Waals surface area contributed by atoms with Crippen LogP contribution in [0.2, 0.25) is 0 Å². The number of alkyl halides is 3. The van der Waals surface area contributed by atoms with Crippen LogP contribution in [0.1, 0.15) is 11.3 Å². The highest BCUT2D eigenvalue weighted by Gasteiger charge is 2.33. The van der Waals surface area contributed by atoms with Gasteiger partial charge in [-0.15, -0.1) is 0 Å². The average molecular weight is 380 g/mol. The summed E-state index contributed by atoms with van der Waals surface area (Å²) in [6.45, 7) is 1.10. The van der Waals surface area contributed by atoms with Crippen molar-refractivity contribution >= 4 is 17.5 Å². The number of hydrogen-bond acceptors (Lipinski definition) is 5. The van der Waals surface area contributed by atoms with E-state index in [1.54, 1.807) is 13.1 Å². The molecule has 10 heteroatoms. The Morgan fingerprint density at radius 1 is 1.22 bits per heavy atom. The van der Waals surface area contributed by atoms with Gasteiger partial charge in [0.2, 0.25) is 0 Å². The zero-order valence-corrected chi connectivity index (χ0v) is 14.1. The highest BCUT2D eigenvalue weighted by molar-refractivity contribution is 6.17. The molecule has 2 aromatic rings. The molecule has 3 rings (SSSR count). The molecule has 27 heavy (non-hydrogen) atoms. The second kappa shape index (κ2) is 6.88. The van der Waals surface area contributed by atoms with Crippen LogP contribution in [-0.2, 0) is 15.8 Å². The van der Waals surface area contributed by atoms with Crippen LogP contribution in [0.25, 0.3) is 5.69 Å². The number of carbonyl (C=O) groups is 2. The highest BCUT2D eigenvalue weighted by atomic mass is 19.4. The van der Waals surface area contributed by atoms with Gasteiger partial charge >= 0.3 is 6.18 Å². The second-order valence-corrected chi connectivity index (χ2v) is 5.89. The molecule has 0 bridgehead atoms. The fourth-order valence-electron chi connectivity index (χ4n) is 2.62. The molecule has 0 atom stereocenters. The maximum atomic E-state index is 13.3. The molecule has 2 amide bonds. The molecule has 0 unspecified atom stereocenters. The van der Waals surface area contributed by atoms with E-state index in [0.717, 1.165) is 23.1 Å². The molecule has 1 aromatic carbocycles. The third kappa shape index (κ3) is 3.85. The summed E-state index contributed by atoms with van der Waals surface area (Å²) >= 11 is 0. The Balaban J connectivity index is 1.97. The molecule has 1 aromatic heterocycles. The number of imidazole rings is 1. The van der Waals surface area contributed by atoms with Crippen molar-refractivity contribution < 1.29 is 27.9 Å². The molecule has 0 radical (unpaired) electrons. The van der Waals surface area contributed by atoms with Gasteiger partial charge in [-0.05, 0) is 25.1 Å². The van der Waals surface area contributed by atoms with Gasteiger partial charge in [0.15, 0.2) is 0 Å². The van der Waals surface area contributed by atoms with Gasteiger partial charge in [0.1, 0.15) is 5.70 Å². The predicted molar refractivity (Wildman–Crippen MR) is 88.8 cm³/mol. The summed E-state index contributed by atoms with van der Waals surface area (Å²) in [6.07, 6.45) is -0.680. The number of nitrogens with one attached hydrogen (secondary N) is 1. The Morgan fingerprint density at radius 2 is 1.96 bits per heavy atom. The Hall–Kier alpha value is -3.14. The number of β-amino-alcohol motifs (C(OH)–C–C–N with tert-alkyl or cyclic N) is 1. The maximum absolute atomic E-state index is 13.3. The fraction of sp³-hybridized carbons (Fsp3) is 0.235. The van der Waals surface area contributed by atoms with E-state index in [0.29, 0.717) is 5.69 Å². The lowest BCUT2D eigenvalue weighted by Gasteiger charge is -2.16. The third-order valence-corrected chi connectivity index (χ3v) is 3.87. The molecule has 142 valence electrons. The smallest absolute Gasteiger partial charge is 0.395 e. The third-order valence-electron chi connectivity index (χ3n) is 3.87. The van der Waals surface area contributed by atoms with Crippen molar-refractivity contribution in [2.75, 3.05) is 18.5 Å². The number of aryl methyl sites for hydroxylation is 1. The zero-order valence-electron chi connectivity index (χ0n) is 14.1. The zero-order chi connectivity index (χ0) is 19.8. The van der Waals surface area contributed by atoms with Crippen molar-refractivity contribution in [3.8, 4) is 5.69 Å². The van der Waals surface area contributed by atoms with Crippen molar-refractivity contribution in [2.24, 2.45) is 0 Å². The Bertz CT molecular complexity index is 934. The number of aromatic nitrogens is 2. The summed E-state index contributed by atoms with van der Waals surface area (Å²) in [5.74, 6) is -1.36. The van der Waals surface area contributed by atoms with Gasteiger partial charge < -0.3 is 15.0 Å². The number of aliphatic hydroxyl groups excluding tert-OH is 1. The number of imide groups is 1. The SMILES string of the molecule is Cc1cn(-c2cc(NC3=CC(=O)N(CCO)C3=O)cc(C(F)(F)F)c2)cn1. The molecule has 0 fully saturated rings. The van der Waals surface area contributed by atoms with Crippen LogP contribution in [0.3, 0.4) is 0 Å². The molecule has 1 aliphatic heterocycles. The molecule has 0 spiro atoms. The number of rotatable bonds is 5. The molecule has 7 nitrogen and oxygen atoms in total. The van der Waals surface area contributed by atoms with Crippen molar-refractivity contribution in [3.63, 3.8) is 0 Å². The first-order valence-electron chi connectivity index (χ1n) is 7.87. The lowest BCUT2D eigenvalue weighted by molar-refractivity contribution is -0.138. The lowest BCUT2D eigenvalue weighted by atomic mass is 10.1. The monoisotopic (exact) mass is 380 g/mol. The van der Waals surface area contributed by atoms with Crippen LogP contribution in [0.15, 0.2) is 42.5 Å².